The first kappa shape index (κ1) is 22.9. The van der Waals surface area contributed by atoms with Crippen LogP contribution in [-0.2, 0) is 22.2 Å². The molecule has 0 spiro atoms. The molecule has 0 aliphatic rings. The van der Waals surface area contributed by atoms with E-state index in [1.165, 1.54) is 17.4 Å². The van der Waals surface area contributed by atoms with Gasteiger partial charge in [-0.1, -0.05) is 39.0 Å². The summed E-state index contributed by atoms with van der Waals surface area (Å²) in [6.45, 7) is 5.85. The van der Waals surface area contributed by atoms with Gasteiger partial charge < -0.3 is 10.6 Å². The number of carbonyl (C=O) groups excluding carboxylic acids is 2. The van der Waals surface area contributed by atoms with Crippen LogP contribution in [0.25, 0.3) is 0 Å². The molecule has 0 aliphatic carbocycles. The molecule has 158 valence electrons. The molecule has 0 fully saturated rings. The number of nitrogens with one attached hydrogen (secondary N) is 2. The lowest BCUT2D eigenvalue weighted by atomic mass is 9.96. The summed E-state index contributed by atoms with van der Waals surface area (Å²) >= 11 is 1.22. The van der Waals surface area contributed by atoms with E-state index in [0.29, 0.717) is 30.1 Å². The lowest BCUT2D eigenvalue weighted by Gasteiger charge is -2.17. The van der Waals surface area contributed by atoms with Crippen molar-refractivity contribution in [3.63, 3.8) is 0 Å². The second-order valence-electron chi connectivity index (χ2n) is 7.66. The molecule has 0 radical (unpaired) electrons. The summed E-state index contributed by atoms with van der Waals surface area (Å²) in [5.41, 5.74) is -0.637. The maximum Gasteiger partial charge on any atom is 0.416 e. The number of benzene rings is 1. The number of halogens is 3. The maximum atomic E-state index is 12.8. The number of nitrogens with zero attached hydrogens (tertiary/aromatic N) is 1. The molecule has 0 aliphatic heterocycles. The van der Waals surface area contributed by atoms with Crippen LogP contribution in [0, 0.1) is 5.41 Å². The second kappa shape index (κ2) is 9.39. The minimum absolute atomic E-state index is 0.0722. The third-order valence-corrected chi connectivity index (χ3v) is 4.89. The molecule has 2 amide bonds. The third kappa shape index (κ3) is 7.49. The van der Waals surface area contributed by atoms with Crippen molar-refractivity contribution in [3.8, 4) is 0 Å². The van der Waals surface area contributed by atoms with Gasteiger partial charge in [-0.25, -0.2) is 4.98 Å². The SMILES string of the molecule is CC(C)(C)C(=O)NCCCC(=O)Nc1ncc(Cc2cccc(C(F)(F)F)c2)s1. The van der Waals surface area contributed by atoms with Crippen molar-refractivity contribution in [2.24, 2.45) is 5.41 Å². The summed E-state index contributed by atoms with van der Waals surface area (Å²) in [6, 6.07) is 5.15. The van der Waals surface area contributed by atoms with Crippen LogP contribution in [0.4, 0.5) is 18.3 Å². The number of aromatic nitrogens is 1. The summed E-state index contributed by atoms with van der Waals surface area (Å²) in [5.74, 6) is -0.299. The summed E-state index contributed by atoms with van der Waals surface area (Å²) < 4.78 is 38.4. The van der Waals surface area contributed by atoms with E-state index in [1.807, 2.05) is 20.8 Å². The van der Waals surface area contributed by atoms with Crippen molar-refractivity contribution >= 4 is 28.3 Å². The number of amides is 2. The molecule has 1 aromatic carbocycles. The highest BCUT2D eigenvalue weighted by Crippen LogP contribution is 2.30. The predicted molar refractivity (Wildman–Crippen MR) is 107 cm³/mol. The Hall–Kier alpha value is -2.42. The van der Waals surface area contributed by atoms with Gasteiger partial charge >= 0.3 is 6.18 Å². The lowest BCUT2D eigenvalue weighted by Crippen LogP contribution is -2.35. The van der Waals surface area contributed by atoms with Gasteiger partial charge in [0.1, 0.15) is 0 Å². The molecule has 0 atom stereocenters. The molecule has 9 heteroatoms. The zero-order chi connectivity index (χ0) is 21.7. The normalized spacial score (nSPS) is 11.9. The van der Waals surface area contributed by atoms with E-state index in [9.17, 15) is 22.8 Å². The smallest absolute Gasteiger partial charge is 0.356 e. The Labute approximate surface area is 171 Å². The van der Waals surface area contributed by atoms with Crippen LogP contribution in [0.3, 0.4) is 0 Å². The fourth-order valence-corrected chi connectivity index (χ4v) is 3.27. The summed E-state index contributed by atoms with van der Waals surface area (Å²) in [4.78, 5) is 28.6. The van der Waals surface area contributed by atoms with E-state index in [0.717, 1.165) is 17.0 Å². The van der Waals surface area contributed by atoms with Gasteiger partial charge in [0, 0.05) is 35.9 Å². The molecule has 0 bridgehead atoms. The summed E-state index contributed by atoms with van der Waals surface area (Å²) in [6.07, 6.45) is -1.81. The zero-order valence-corrected chi connectivity index (χ0v) is 17.3. The number of rotatable bonds is 7. The van der Waals surface area contributed by atoms with Gasteiger partial charge in [-0.2, -0.15) is 13.2 Å². The number of alkyl halides is 3. The minimum atomic E-state index is -4.38. The van der Waals surface area contributed by atoms with Gasteiger partial charge in [0.2, 0.25) is 11.8 Å². The highest BCUT2D eigenvalue weighted by atomic mass is 32.1. The van der Waals surface area contributed by atoms with Crippen molar-refractivity contribution < 1.29 is 22.8 Å². The Morgan fingerprint density at radius 3 is 2.55 bits per heavy atom. The average molecular weight is 427 g/mol. The summed E-state index contributed by atoms with van der Waals surface area (Å²) in [5, 5.41) is 5.85. The molecular weight excluding hydrogens is 403 g/mol. The largest absolute Gasteiger partial charge is 0.416 e. The van der Waals surface area contributed by atoms with E-state index in [1.54, 1.807) is 12.3 Å². The van der Waals surface area contributed by atoms with Crippen LogP contribution < -0.4 is 10.6 Å². The molecule has 2 aromatic rings. The Kier molecular flexibility index (Phi) is 7.40. The number of thiazole rings is 1. The van der Waals surface area contributed by atoms with E-state index in [4.69, 9.17) is 0 Å². The minimum Gasteiger partial charge on any atom is -0.356 e. The first-order valence-corrected chi connectivity index (χ1v) is 9.96. The quantitative estimate of drug-likeness (QED) is 0.633. The van der Waals surface area contributed by atoms with Crippen LogP contribution in [0.1, 0.15) is 49.6 Å². The first-order chi connectivity index (χ1) is 13.4. The monoisotopic (exact) mass is 427 g/mol. The Morgan fingerprint density at radius 1 is 1.17 bits per heavy atom. The van der Waals surface area contributed by atoms with Gasteiger partial charge in [-0.15, -0.1) is 11.3 Å². The molecule has 29 heavy (non-hydrogen) atoms. The average Bonchev–Trinajstić information content (AvgIpc) is 3.04. The van der Waals surface area contributed by atoms with Crippen molar-refractivity contribution in [3.05, 3.63) is 46.5 Å². The lowest BCUT2D eigenvalue weighted by molar-refractivity contribution is -0.137. The van der Waals surface area contributed by atoms with Gasteiger partial charge in [0.25, 0.3) is 0 Å². The molecule has 1 aromatic heterocycles. The Balaban J connectivity index is 1.81. The fourth-order valence-electron chi connectivity index (χ4n) is 2.40. The van der Waals surface area contributed by atoms with Gasteiger partial charge in [-0.3, -0.25) is 9.59 Å². The number of carbonyl (C=O) groups is 2. The molecule has 0 unspecified atom stereocenters. The number of hydrogen-bond donors (Lipinski definition) is 2. The second-order valence-corrected chi connectivity index (χ2v) is 8.78. The highest BCUT2D eigenvalue weighted by Gasteiger charge is 2.30. The topological polar surface area (TPSA) is 71.1 Å². The Bertz CT molecular complexity index is 857. The molecule has 2 N–H and O–H groups in total. The number of hydrogen-bond acceptors (Lipinski definition) is 4. The fraction of sp³-hybridized carbons (Fsp3) is 0.450. The van der Waals surface area contributed by atoms with E-state index < -0.39 is 17.2 Å². The molecule has 0 saturated heterocycles. The van der Waals surface area contributed by atoms with Crippen molar-refractivity contribution in [2.75, 3.05) is 11.9 Å². The number of anilines is 1. The van der Waals surface area contributed by atoms with Crippen molar-refractivity contribution in [2.45, 2.75) is 46.2 Å². The van der Waals surface area contributed by atoms with Crippen LogP contribution >= 0.6 is 11.3 Å². The van der Waals surface area contributed by atoms with Gasteiger partial charge in [0.05, 0.1) is 5.56 Å². The molecule has 5 nitrogen and oxygen atoms in total. The molecule has 0 saturated carbocycles. The van der Waals surface area contributed by atoms with Crippen molar-refractivity contribution in [1.29, 1.82) is 0 Å². The Morgan fingerprint density at radius 2 is 1.90 bits per heavy atom. The van der Waals surface area contributed by atoms with Crippen LogP contribution in [-0.4, -0.2) is 23.3 Å². The summed E-state index contributed by atoms with van der Waals surface area (Å²) in [7, 11) is 0. The van der Waals surface area contributed by atoms with Crippen LogP contribution in [0.5, 0.6) is 0 Å². The third-order valence-electron chi connectivity index (χ3n) is 3.98. The standard InChI is InChI=1S/C20H24F3N3O2S/c1-19(2,3)17(28)24-9-5-8-16(27)26-18-25-12-15(29-18)11-13-6-4-7-14(10-13)20(21,22)23/h4,6-7,10,12H,5,8-9,11H2,1-3H3,(H,24,28)(H,25,26,27). The predicted octanol–water partition coefficient (Wildman–Crippen LogP) is 4.63. The van der Waals surface area contributed by atoms with Crippen LogP contribution in [0.2, 0.25) is 0 Å². The molecule has 2 rings (SSSR count). The van der Waals surface area contributed by atoms with Crippen LogP contribution in [0.15, 0.2) is 30.5 Å². The van der Waals surface area contributed by atoms with E-state index >= 15 is 0 Å². The zero-order valence-electron chi connectivity index (χ0n) is 16.5. The molecule has 1 heterocycles. The highest BCUT2D eigenvalue weighted by molar-refractivity contribution is 7.15. The first-order valence-electron chi connectivity index (χ1n) is 9.14. The van der Waals surface area contributed by atoms with E-state index in [-0.39, 0.29) is 18.2 Å². The van der Waals surface area contributed by atoms with E-state index in [2.05, 4.69) is 15.6 Å². The van der Waals surface area contributed by atoms with Crippen molar-refractivity contribution in [1.82, 2.24) is 10.3 Å². The van der Waals surface area contributed by atoms with Gasteiger partial charge in [-0.05, 0) is 18.1 Å². The van der Waals surface area contributed by atoms with Gasteiger partial charge in [0.15, 0.2) is 5.13 Å². The molecular formula is C20H24F3N3O2S. The maximum absolute atomic E-state index is 12.8.